The maximum atomic E-state index is 13.4. The first-order valence-corrected chi connectivity index (χ1v) is 12.6. The van der Waals surface area contributed by atoms with E-state index in [2.05, 4.69) is 20.3 Å². The van der Waals surface area contributed by atoms with Crippen molar-refractivity contribution in [2.45, 2.75) is 16.2 Å². The molecule has 0 atom stereocenters. The summed E-state index contributed by atoms with van der Waals surface area (Å²) in [6.45, 7) is 1.24. The second-order valence-corrected chi connectivity index (χ2v) is 10.6. The zero-order chi connectivity index (χ0) is 24.0. The number of thioether (sulfide) groups is 1. The number of benzene rings is 2. The molecule has 9 nitrogen and oxygen atoms in total. The topological polar surface area (TPSA) is 119 Å². The quantitative estimate of drug-likeness (QED) is 0.265. The molecule has 0 unspecified atom stereocenters. The van der Waals surface area contributed by atoms with Gasteiger partial charge in [-0.05, 0) is 43.3 Å². The molecule has 0 aliphatic heterocycles. The van der Waals surface area contributed by atoms with Crippen molar-refractivity contribution in [3.8, 4) is 0 Å². The van der Waals surface area contributed by atoms with E-state index >= 15 is 0 Å². The fraction of sp³-hybridized carbons (Fsp3) is 0.200. The summed E-state index contributed by atoms with van der Waals surface area (Å²) < 4.78 is 45.8. The number of methoxy groups -OCH3 is 1. The van der Waals surface area contributed by atoms with Crippen molar-refractivity contribution in [1.82, 2.24) is 10.2 Å². The Morgan fingerprint density at radius 1 is 1.12 bits per heavy atom. The summed E-state index contributed by atoms with van der Waals surface area (Å²) in [5.74, 6) is -1.61. The number of esters is 1. The first kappa shape index (κ1) is 24.6. The predicted octanol–water partition coefficient (Wildman–Crippen LogP) is 3.08. The number of hydrogen-bond donors (Lipinski definition) is 1. The molecule has 1 heterocycles. The third-order valence-electron chi connectivity index (χ3n) is 4.20. The Kier molecular flexibility index (Phi) is 8.00. The molecule has 0 bridgehead atoms. The molecule has 1 amide bonds. The van der Waals surface area contributed by atoms with Crippen molar-refractivity contribution < 1.29 is 27.1 Å². The molecule has 1 aromatic heterocycles. The van der Waals surface area contributed by atoms with Crippen LogP contribution >= 0.6 is 23.1 Å². The molecule has 0 aliphatic rings. The number of anilines is 2. The molecule has 0 radical (unpaired) electrons. The molecule has 2 aromatic carbocycles. The lowest BCUT2D eigenvalue weighted by molar-refractivity contribution is -0.137. The molecule has 0 aliphatic carbocycles. The van der Waals surface area contributed by atoms with Gasteiger partial charge in [0.2, 0.25) is 11.0 Å². The average Bonchev–Trinajstić information content (AvgIpc) is 3.24. The second-order valence-electron chi connectivity index (χ2n) is 6.59. The molecular formula is C20H19FN4O5S3. The largest absolute Gasteiger partial charge is 0.468 e. The normalized spacial score (nSPS) is 11.1. The first-order chi connectivity index (χ1) is 15.7. The number of hydrogen-bond acceptors (Lipinski definition) is 9. The van der Waals surface area contributed by atoms with Crippen molar-refractivity contribution in [3.63, 3.8) is 0 Å². The van der Waals surface area contributed by atoms with E-state index in [9.17, 15) is 22.4 Å². The molecule has 33 heavy (non-hydrogen) atoms. The highest BCUT2D eigenvalue weighted by molar-refractivity contribution is 8.01. The third-order valence-corrected chi connectivity index (χ3v) is 7.94. The number of aromatic nitrogens is 2. The van der Waals surface area contributed by atoms with E-state index in [1.165, 1.54) is 31.4 Å². The van der Waals surface area contributed by atoms with Crippen LogP contribution in [0.25, 0.3) is 0 Å². The van der Waals surface area contributed by atoms with Gasteiger partial charge in [0.25, 0.3) is 10.0 Å². The Labute approximate surface area is 198 Å². The van der Waals surface area contributed by atoms with Gasteiger partial charge in [-0.3, -0.25) is 19.2 Å². The van der Waals surface area contributed by atoms with Crippen LogP contribution in [0.2, 0.25) is 0 Å². The summed E-state index contributed by atoms with van der Waals surface area (Å²) in [4.78, 5) is 23.9. The van der Waals surface area contributed by atoms with Crippen LogP contribution in [0.3, 0.4) is 0 Å². The number of halogens is 1. The minimum atomic E-state index is -4.13. The second kappa shape index (κ2) is 10.7. The number of amides is 1. The van der Waals surface area contributed by atoms with Crippen molar-refractivity contribution in [3.05, 3.63) is 59.9 Å². The Bertz CT molecular complexity index is 1230. The zero-order valence-corrected chi connectivity index (χ0v) is 20.0. The minimum absolute atomic E-state index is 0.0114. The van der Waals surface area contributed by atoms with Crippen LogP contribution in [0.5, 0.6) is 0 Å². The van der Waals surface area contributed by atoms with Crippen LogP contribution in [0.4, 0.5) is 15.2 Å². The Morgan fingerprint density at radius 3 is 2.42 bits per heavy atom. The summed E-state index contributed by atoms with van der Waals surface area (Å²) in [7, 11) is -2.86. The van der Waals surface area contributed by atoms with Gasteiger partial charge in [0.15, 0.2) is 4.34 Å². The molecule has 174 valence electrons. The van der Waals surface area contributed by atoms with Crippen molar-refractivity contribution in [1.29, 1.82) is 0 Å². The Balaban J connectivity index is 1.80. The third kappa shape index (κ3) is 6.49. The van der Waals surface area contributed by atoms with Gasteiger partial charge in [0.05, 0.1) is 23.4 Å². The van der Waals surface area contributed by atoms with Crippen LogP contribution in [0.1, 0.15) is 5.56 Å². The van der Waals surface area contributed by atoms with Crippen molar-refractivity contribution in [2.75, 3.05) is 29.0 Å². The molecule has 0 spiro atoms. The Morgan fingerprint density at radius 2 is 1.79 bits per heavy atom. The molecule has 0 saturated heterocycles. The van der Waals surface area contributed by atoms with Crippen LogP contribution in [-0.2, 0) is 24.3 Å². The van der Waals surface area contributed by atoms with E-state index in [0.717, 1.165) is 45.1 Å². The molecule has 3 aromatic rings. The summed E-state index contributed by atoms with van der Waals surface area (Å²) in [5.41, 5.74) is 0.996. The number of rotatable bonds is 9. The number of nitrogens with zero attached hydrogens (tertiary/aromatic N) is 3. The SMILES string of the molecule is COC(=O)CSc1nnc(NC(=O)CN(c2ccc(F)cc2)S(=O)(=O)c2ccc(C)cc2)s1. The molecule has 13 heteroatoms. The highest BCUT2D eigenvalue weighted by Crippen LogP contribution is 2.27. The molecular weight excluding hydrogens is 491 g/mol. The number of nitrogens with one attached hydrogen (secondary N) is 1. The van der Waals surface area contributed by atoms with Crippen LogP contribution in [0.15, 0.2) is 57.8 Å². The number of carbonyl (C=O) groups is 2. The predicted molar refractivity (Wildman–Crippen MR) is 123 cm³/mol. The maximum Gasteiger partial charge on any atom is 0.316 e. The fourth-order valence-electron chi connectivity index (χ4n) is 2.55. The van der Waals surface area contributed by atoms with Crippen LogP contribution in [0, 0.1) is 12.7 Å². The fourth-order valence-corrected chi connectivity index (χ4v) is 5.57. The van der Waals surface area contributed by atoms with Gasteiger partial charge in [-0.2, -0.15) is 0 Å². The van der Waals surface area contributed by atoms with Gasteiger partial charge >= 0.3 is 5.97 Å². The maximum absolute atomic E-state index is 13.4. The van der Waals surface area contributed by atoms with Gasteiger partial charge in [-0.1, -0.05) is 40.8 Å². The van der Waals surface area contributed by atoms with Crippen LogP contribution < -0.4 is 9.62 Å². The highest BCUT2D eigenvalue weighted by atomic mass is 32.2. The van der Waals surface area contributed by atoms with Crippen molar-refractivity contribution >= 4 is 55.8 Å². The van der Waals surface area contributed by atoms with E-state index in [1.54, 1.807) is 12.1 Å². The summed E-state index contributed by atoms with van der Waals surface area (Å²) in [6, 6.07) is 10.9. The number of sulfonamides is 1. The van der Waals surface area contributed by atoms with Crippen LogP contribution in [-0.4, -0.2) is 49.9 Å². The lowest BCUT2D eigenvalue weighted by Gasteiger charge is -2.24. The van der Waals surface area contributed by atoms with E-state index in [4.69, 9.17) is 0 Å². The zero-order valence-electron chi connectivity index (χ0n) is 17.5. The first-order valence-electron chi connectivity index (χ1n) is 9.37. The van der Waals surface area contributed by atoms with Gasteiger partial charge in [0, 0.05) is 0 Å². The van der Waals surface area contributed by atoms with Gasteiger partial charge in [0.1, 0.15) is 12.4 Å². The minimum Gasteiger partial charge on any atom is -0.468 e. The van der Waals surface area contributed by atoms with E-state index < -0.39 is 34.3 Å². The van der Waals surface area contributed by atoms with E-state index in [1.807, 2.05) is 6.92 Å². The van der Waals surface area contributed by atoms with Gasteiger partial charge < -0.3 is 4.74 Å². The average molecular weight is 511 g/mol. The standard InChI is InChI=1S/C20H19FN4O5S3/c1-13-3-9-16(10-4-13)33(28,29)25(15-7-5-14(21)6-8-15)11-17(26)22-19-23-24-20(32-19)31-12-18(27)30-2/h3-10H,11-12H2,1-2H3,(H,22,23,26). The molecule has 3 rings (SSSR count). The molecule has 1 N–H and O–H groups in total. The molecule has 0 fully saturated rings. The van der Waals surface area contributed by atoms with E-state index in [0.29, 0.717) is 4.34 Å². The van der Waals surface area contributed by atoms with E-state index in [-0.39, 0.29) is 21.5 Å². The number of ether oxygens (including phenoxy) is 1. The molecule has 0 saturated carbocycles. The summed E-state index contributed by atoms with van der Waals surface area (Å²) >= 11 is 2.12. The smallest absolute Gasteiger partial charge is 0.316 e. The van der Waals surface area contributed by atoms with Gasteiger partial charge in [-0.25, -0.2) is 12.8 Å². The highest BCUT2D eigenvalue weighted by Gasteiger charge is 2.27. The van der Waals surface area contributed by atoms with Crippen molar-refractivity contribution in [2.24, 2.45) is 0 Å². The summed E-state index contributed by atoms with van der Waals surface area (Å²) in [5, 5.41) is 10.3. The lowest BCUT2D eigenvalue weighted by atomic mass is 10.2. The lowest BCUT2D eigenvalue weighted by Crippen LogP contribution is -2.38. The van der Waals surface area contributed by atoms with Gasteiger partial charge in [-0.15, -0.1) is 10.2 Å². The Hall–Kier alpha value is -3.03. The number of aryl methyl sites for hydroxylation is 1. The monoisotopic (exact) mass is 510 g/mol. The summed E-state index contributed by atoms with van der Waals surface area (Å²) in [6.07, 6.45) is 0. The number of carbonyl (C=O) groups excluding carboxylic acids is 2.